The van der Waals surface area contributed by atoms with E-state index in [0.717, 1.165) is 17.1 Å². The minimum atomic E-state index is 0.660. The van der Waals surface area contributed by atoms with Gasteiger partial charge in [-0.2, -0.15) is 5.26 Å². The van der Waals surface area contributed by atoms with Crippen LogP contribution in [0.2, 0.25) is 0 Å². The van der Waals surface area contributed by atoms with Gasteiger partial charge in [-0.05, 0) is 44.2 Å². The van der Waals surface area contributed by atoms with Gasteiger partial charge in [0.1, 0.15) is 0 Å². The lowest BCUT2D eigenvalue weighted by Gasteiger charge is -2.12. The molecule has 80 valence electrons. The van der Waals surface area contributed by atoms with Gasteiger partial charge in [-0.15, -0.1) is 0 Å². The normalized spacial score (nSPS) is 9.81. The van der Waals surface area contributed by atoms with Gasteiger partial charge < -0.3 is 0 Å². The van der Waals surface area contributed by atoms with Crippen LogP contribution in [0.1, 0.15) is 17.0 Å². The van der Waals surface area contributed by atoms with Gasteiger partial charge in [0.15, 0.2) is 0 Å². The number of nitrogens with one attached hydrogen (secondary N) is 1. The van der Waals surface area contributed by atoms with E-state index < -0.39 is 0 Å². The van der Waals surface area contributed by atoms with Crippen molar-refractivity contribution in [2.75, 3.05) is 5.43 Å². The van der Waals surface area contributed by atoms with Crippen molar-refractivity contribution in [1.82, 2.24) is 4.68 Å². The molecule has 16 heavy (non-hydrogen) atoms. The molecular formula is C13H13N3. The monoisotopic (exact) mass is 211 g/mol. The number of benzene rings is 1. The predicted molar refractivity (Wildman–Crippen MR) is 64.1 cm³/mol. The molecule has 2 aromatic rings. The van der Waals surface area contributed by atoms with Crippen LogP contribution in [-0.2, 0) is 0 Å². The molecule has 0 atom stereocenters. The minimum Gasteiger partial charge on any atom is -0.294 e. The van der Waals surface area contributed by atoms with Crippen molar-refractivity contribution in [3.8, 4) is 6.07 Å². The average Bonchev–Trinajstić information content (AvgIpc) is 2.61. The summed E-state index contributed by atoms with van der Waals surface area (Å²) in [6, 6.07) is 13.7. The highest BCUT2D eigenvalue weighted by Gasteiger charge is 2.01. The van der Waals surface area contributed by atoms with Crippen molar-refractivity contribution >= 4 is 5.69 Å². The molecule has 3 heteroatoms. The maximum Gasteiger partial charge on any atom is 0.0992 e. The molecule has 0 unspecified atom stereocenters. The Morgan fingerprint density at radius 3 is 2.44 bits per heavy atom. The number of hydrogen-bond donors (Lipinski definition) is 1. The average molecular weight is 211 g/mol. The molecule has 2 rings (SSSR count). The highest BCUT2D eigenvalue weighted by atomic mass is 15.4. The van der Waals surface area contributed by atoms with Gasteiger partial charge in [0.2, 0.25) is 0 Å². The Bertz CT molecular complexity index is 527. The van der Waals surface area contributed by atoms with Crippen molar-refractivity contribution < 1.29 is 0 Å². The summed E-state index contributed by atoms with van der Waals surface area (Å²) in [5, 5.41) is 8.81. The third-order valence-corrected chi connectivity index (χ3v) is 2.50. The fraction of sp³-hybridized carbons (Fsp3) is 0.154. The number of rotatable bonds is 2. The fourth-order valence-corrected chi connectivity index (χ4v) is 1.63. The van der Waals surface area contributed by atoms with Crippen molar-refractivity contribution in [2.24, 2.45) is 0 Å². The molecular weight excluding hydrogens is 198 g/mol. The Labute approximate surface area is 94.9 Å². The van der Waals surface area contributed by atoms with Gasteiger partial charge >= 0.3 is 0 Å². The molecule has 3 nitrogen and oxygen atoms in total. The summed E-state index contributed by atoms with van der Waals surface area (Å²) in [5.74, 6) is 0. The van der Waals surface area contributed by atoms with Crippen LogP contribution in [0.3, 0.4) is 0 Å². The Morgan fingerprint density at radius 1 is 1.12 bits per heavy atom. The van der Waals surface area contributed by atoms with Gasteiger partial charge in [-0.3, -0.25) is 10.1 Å². The molecule has 1 N–H and O–H groups in total. The Hall–Kier alpha value is -2.21. The number of nitriles is 1. The summed E-state index contributed by atoms with van der Waals surface area (Å²) < 4.78 is 2.00. The first kappa shape index (κ1) is 10.3. The topological polar surface area (TPSA) is 40.8 Å². The maximum atomic E-state index is 8.81. The number of nitrogens with zero attached hydrogens (tertiary/aromatic N) is 2. The molecule has 0 saturated heterocycles. The first-order chi connectivity index (χ1) is 7.70. The third-order valence-electron chi connectivity index (χ3n) is 2.50. The van der Waals surface area contributed by atoms with E-state index >= 15 is 0 Å². The van der Waals surface area contributed by atoms with Gasteiger partial charge in [0.05, 0.1) is 17.3 Å². The zero-order chi connectivity index (χ0) is 11.5. The first-order valence-electron chi connectivity index (χ1n) is 5.13. The van der Waals surface area contributed by atoms with Crippen molar-refractivity contribution in [3.05, 3.63) is 53.3 Å². The van der Waals surface area contributed by atoms with E-state index in [4.69, 9.17) is 5.26 Å². The third kappa shape index (κ3) is 1.91. The molecule has 1 aromatic carbocycles. The molecule has 1 heterocycles. The SMILES string of the molecule is Cc1ccc(C)n1Nc1cccc(C#N)c1. The van der Waals surface area contributed by atoms with Crippen molar-refractivity contribution in [1.29, 1.82) is 5.26 Å². The van der Waals surface area contributed by atoms with Gasteiger partial charge in [0, 0.05) is 11.4 Å². The molecule has 0 bridgehead atoms. The van der Waals surface area contributed by atoms with Gasteiger partial charge in [-0.25, -0.2) is 0 Å². The lowest BCUT2D eigenvalue weighted by molar-refractivity contribution is 0.881. The quantitative estimate of drug-likeness (QED) is 0.829. The first-order valence-corrected chi connectivity index (χ1v) is 5.13. The van der Waals surface area contributed by atoms with E-state index in [1.54, 1.807) is 6.07 Å². The van der Waals surface area contributed by atoms with Crippen LogP contribution in [-0.4, -0.2) is 4.68 Å². The van der Waals surface area contributed by atoms with Crippen molar-refractivity contribution in [3.63, 3.8) is 0 Å². The number of aryl methyl sites for hydroxylation is 2. The van der Waals surface area contributed by atoms with Crippen LogP contribution in [0.4, 0.5) is 5.69 Å². The van der Waals surface area contributed by atoms with E-state index in [0.29, 0.717) is 5.56 Å². The van der Waals surface area contributed by atoms with Crippen LogP contribution in [0.5, 0.6) is 0 Å². The highest BCUT2D eigenvalue weighted by Crippen LogP contribution is 2.13. The Kier molecular flexibility index (Phi) is 2.65. The summed E-state index contributed by atoms with van der Waals surface area (Å²) >= 11 is 0. The van der Waals surface area contributed by atoms with E-state index in [9.17, 15) is 0 Å². The molecule has 0 aliphatic heterocycles. The predicted octanol–water partition coefficient (Wildman–Crippen LogP) is 2.85. The molecule has 0 aliphatic rings. The standard InChI is InChI=1S/C13H13N3/c1-10-6-7-11(2)16(10)15-13-5-3-4-12(8-13)9-14/h3-8,15H,1-2H3. The summed E-state index contributed by atoms with van der Waals surface area (Å²) in [5.41, 5.74) is 7.12. The second-order valence-corrected chi connectivity index (χ2v) is 3.76. The summed E-state index contributed by atoms with van der Waals surface area (Å²) in [4.78, 5) is 0. The van der Waals surface area contributed by atoms with E-state index in [1.807, 2.05) is 36.7 Å². The molecule has 0 aliphatic carbocycles. The molecule has 0 amide bonds. The summed E-state index contributed by atoms with van der Waals surface area (Å²) in [7, 11) is 0. The van der Waals surface area contributed by atoms with Crippen molar-refractivity contribution in [2.45, 2.75) is 13.8 Å². The molecule has 1 aromatic heterocycles. The second kappa shape index (κ2) is 4.11. The lowest BCUT2D eigenvalue weighted by atomic mass is 10.2. The molecule has 0 saturated carbocycles. The van der Waals surface area contributed by atoms with Crippen LogP contribution in [0.15, 0.2) is 36.4 Å². The smallest absolute Gasteiger partial charge is 0.0992 e. The van der Waals surface area contributed by atoms with Crippen LogP contribution < -0.4 is 5.43 Å². The number of anilines is 1. The molecule has 0 spiro atoms. The molecule has 0 fully saturated rings. The second-order valence-electron chi connectivity index (χ2n) is 3.76. The van der Waals surface area contributed by atoms with Crippen LogP contribution in [0.25, 0.3) is 0 Å². The number of hydrogen-bond acceptors (Lipinski definition) is 2. The van der Waals surface area contributed by atoms with E-state index in [2.05, 4.69) is 23.6 Å². The molecule has 0 radical (unpaired) electrons. The van der Waals surface area contributed by atoms with E-state index in [1.165, 1.54) is 0 Å². The zero-order valence-corrected chi connectivity index (χ0v) is 9.36. The maximum absolute atomic E-state index is 8.81. The number of aromatic nitrogens is 1. The van der Waals surface area contributed by atoms with Gasteiger partial charge in [0.25, 0.3) is 0 Å². The highest BCUT2D eigenvalue weighted by molar-refractivity contribution is 5.49. The summed E-state index contributed by atoms with van der Waals surface area (Å²) in [6.45, 7) is 4.07. The largest absolute Gasteiger partial charge is 0.294 e. The van der Waals surface area contributed by atoms with Crippen LogP contribution >= 0.6 is 0 Å². The van der Waals surface area contributed by atoms with Gasteiger partial charge in [-0.1, -0.05) is 6.07 Å². The fourth-order valence-electron chi connectivity index (χ4n) is 1.63. The zero-order valence-electron chi connectivity index (χ0n) is 9.36. The lowest BCUT2D eigenvalue weighted by Crippen LogP contribution is -2.12. The van der Waals surface area contributed by atoms with E-state index in [-0.39, 0.29) is 0 Å². The Balaban J connectivity index is 2.31. The minimum absolute atomic E-state index is 0.660. The van der Waals surface area contributed by atoms with Crippen LogP contribution in [0, 0.1) is 25.2 Å². The summed E-state index contributed by atoms with van der Waals surface area (Å²) in [6.07, 6.45) is 0. The Morgan fingerprint density at radius 2 is 1.81 bits per heavy atom.